The predicted octanol–water partition coefficient (Wildman–Crippen LogP) is 2.87. The van der Waals surface area contributed by atoms with Crippen molar-refractivity contribution in [3.05, 3.63) is 41.3 Å². The number of aromatic nitrogens is 3. The maximum absolute atomic E-state index is 12.6. The second kappa shape index (κ2) is 5.85. The largest absolute Gasteiger partial charge is 0.435 e. The summed E-state index contributed by atoms with van der Waals surface area (Å²) < 4.78 is 38.8. The second-order valence-electron chi connectivity index (χ2n) is 5.00. The highest BCUT2D eigenvalue weighted by molar-refractivity contribution is 5.35. The van der Waals surface area contributed by atoms with Crippen molar-refractivity contribution in [1.29, 1.82) is 0 Å². The topological polar surface area (TPSA) is 56.7 Å². The molecule has 2 N–H and O–H groups in total. The molecule has 7 heteroatoms. The summed E-state index contributed by atoms with van der Waals surface area (Å²) in [5.41, 5.74) is 6.68. The van der Waals surface area contributed by atoms with Crippen LogP contribution in [0.4, 0.5) is 13.2 Å². The van der Waals surface area contributed by atoms with Gasteiger partial charge in [0.2, 0.25) is 0 Å². The molecule has 2 rings (SSSR count). The normalized spacial score (nSPS) is 13.4. The molecule has 0 saturated heterocycles. The van der Waals surface area contributed by atoms with Crippen LogP contribution < -0.4 is 5.73 Å². The smallest absolute Gasteiger partial charge is 0.327 e. The predicted molar refractivity (Wildman–Crippen MR) is 73.1 cm³/mol. The fraction of sp³-hybridized carbons (Fsp3) is 0.429. The molecule has 0 fully saturated rings. The Bertz CT molecular complexity index is 619. The van der Waals surface area contributed by atoms with Crippen molar-refractivity contribution in [2.24, 2.45) is 5.73 Å². The molecule has 0 spiro atoms. The molecule has 0 radical (unpaired) electrons. The molecule has 0 bridgehead atoms. The van der Waals surface area contributed by atoms with Crippen molar-refractivity contribution in [3.63, 3.8) is 0 Å². The molecular formula is C14H17F3N4. The van der Waals surface area contributed by atoms with Gasteiger partial charge in [0.25, 0.3) is 0 Å². The third kappa shape index (κ3) is 3.60. The van der Waals surface area contributed by atoms with Crippen LogP contribution in [-0.2, 0) is 12.6 Å². The maximum Gasteiger partial charge on any atom is 0.435 e. The highest BCUT2D eigenvalue weighted by Crippen LogP contribution is 2.28. The molecule has 1 atom stereocenters. The van der Waals surface area contributed by atoms with Crippen LogP contribution in [0.15, 0.2) is 24.5 Å². The van der Waals surface area contributed by atoms with E-state index >= 15 is 0 Å². The van der Waals surface area contributed by atoms with Crippen LogP contribution in [0.5, 0.6) is 0 Å². The Kier molecular flexibility index (Phi) is 4.32. The van der Waals surface area contributed by atoms with Gasteiger partial charge in [0, 0.05) is 18.4 Å². The van der Waals surface area contributed by atoms with E-state index in [1.807, 2.05) is 13.0 Å². The van der Waals surface area contributed by atoms with E-state index in [0.717, 1.165) is 28.3 Å². The average molecular weight is 298 g/mol. The number of aryl methyl sites for hydroxylation is 1. The van der Waals surface area contributed by atoms with Crippen molar-refractivity contribution >= 4 is 0 Å². The Morgan fingerprint density at radius 2 is 2.10 bits per heavy atom. The summed E-state index contributed by atoms with van der Waals surface area (Å²) in [6, 6.07) is 2.87. The first-order valence-electron chi connectivity index (χ1n) is 6.65. The minimum absolute atomic E-state index is 0.0542. The molecular weight excluding hydrogens is 281 g/mol. The number of rotatable bonds is 4. The average Bonchev–Trinajstić information content (AvgIpc) is 2.88. The molecule has 2 aromatic heterocycles. The summed E-state index contributed by atoms with van der Waals surface area (Å²) in [6.07, 6.45) is -0.0121. The number of nitrogens with zero attached hydrogens (tertiary/aromatic N) is 3. The van der Waals surface area contributed by atoms with Gasteiger partial charge in [-0.2, -0.15) is 18.3 Å². The summed E-state index contributed by atoms with van der Waals surface area (Å²) in [6.45, 7) is 3.79. The summed E-state index contributed by atoms with van der Waals surface area (Å²) in [4.78, 5) is 4.21. The SMILES string of the molecule is CCC(N)Cc1cnc(-n2ccc(C(F)(F)F)n2)c(C)c1. The summed E-state index contributed by atoms with van der Waals surface area (Å²) in [5.74, 6) is 0.388. The Balaban J connectivity index is 2.27. The lowest BCUT2D eigenvalue weighted by molar-refractivity contribution is -0.141. The van der Waals surface area contributed by atoms with E-state index in [9.17, 15) is 13.2 Å². The fourth-order valence-corrected chi connectivity index (χ4v) is 2.02. The lowest BCUT2D eigenvalue weighted by Gasteiger charge is -2.11. The first-order valence-corrected chi connectivity index (χ1v) is 6.65. The quantitative estimate of drug-likeness (QED) is 0.944. The van der Waals surface area contributed by atoms with Gasteiger partial charge >= 0.3 is 6.18 Å². The van der Waals surface area contributed by atoms with Crippen LogP contribution in [0.2, 0.25) is 0 Å². The minimum Gasteiger partial charge on any atom is -0.327 e. The standard InChI is InChI=1S/C14H17F3N4/c1-3-11(18)7-10-6-9(2)13(19-8-10)21-5-4-12(20-21)14(15,16)17/h4-6,8,11H,3,7,18H2,1-2H3. The zero-order valence-corrected chi connectivity index (χ0v) is 11.9. The molecule has 2 heterocycles. The number of hydrogen-bond acceptors (Lipinski definition) is 3. The van der Waals surface area contributed by atoms with Crippen molar-refractivity contribution in [3.8, 4) is 5.82 Å². The molecule has 0 amide bonds. The van der Waals surface area contributed by atoms with E-state index < -0.39 is 11.9 Å². The lowest BCUT2D eigenvalue weighted by Crippen LogP contribution is -2.21. The Hall–Kier alpha value is -1.89. The molecule has 0 aliphatic carbocycles. The van der Waals surface area contributed by atoms with Crippen LogP contribution in [-0.4, -0.2) is 20.8 Å². The summed E-state index contributed by atoms with van der Waals surface area (Å²) in [7, 11) is 0. The molecule has 4 nitrogen and oxygen atoms in total. The van der Waals surface area contributed by atoms with Crippen molar-refractivity contribution < 1.29 is 13.2 Å². The van der Waals surface area contributed by atoms with Crippen LogP contribution in [0.3, 0.4) is 0 Å². The monoisotopic (exact) mass is 298 g/mol. The lowest BCUT2D eigenvalue weighted by atomic mass is 10.1. The van der Waals surface area contributed by atoms with Crippen LogP contribution >= 0.6 is 0 Å². The van der Waals surface area contributed by atoms with E-state index in [-0.39, 0.29) is 6.04 Å². The number of hydrogen-bond donors (Lipinski definition) is 1. The van der Waals surface area contributed by atoms with Crippen molar-refractivity contribution in [1.82, 2.24) is 14.8 Å². The maximum atomic E-state index is 12.6. The Morgan fingerprint density at radius 1 is 1.38 bits per heavy atom. The van der Waals surface area contributed by atoms with Gasteiger partial charge in [-0.1, -0.05) is 13.0 Å². The van der Waals surface area contributed by atoms with E-state index in [1.165, 1.54) is 6.20 Å². The molecule has 1 unspecified atom stereocenters. The number of pyridine rings is 1. The van der Waals surface area contributed by atoms with Crippen LogP contribution in [0.1, 0.15) is 30.2 Å². The van der Waals surface area contributed by atoms with Gasteiger partial charge in [-0.25, -0.2) is 9.67 Å². The minimum atomic E-state index is -4.45. The first-order chi connectivity index (χ1) is 9.81. The Morgan fingerprint density at radius 3 is 2.62 bits per heavy atom. The van der Waals surface area contributed by atoms with E-state index in [4.69, 9.17) is 5.73 Å². The molecule has 114 valence electrons. The zero-order chi connectivity index (χ0) is 15.6. The molecule has 21 heavy (non-hydrogen) atoms. The molecule has 0 saturated carbocycles. The highest BCUT2D eigenvalue weighted by Gasteiger charge is 2.33. The van der Waals surface area contributed by atoms with Gasteiger partial charge in [-0.05, 0) is 37.0 Å². The number of halogens is 3. The number of nitrogens with two attached hydrogens (primary N) is 1. The van der Waals surface area contributed by atoms with E-state index in [2.05, 4.69) is 10.1 Å². The molecule has 0 aliphatic rings. The van der Waals surface area contributed by atoms with Crippen molar-refractivity contribution in [2.75, 3.05) is 0 Å². The molecule has 2 aromatic rings. The summed E-state index contributed by atoms with van der Waals surface area (Å²) >= 11 is 0. The van der Waals surface area contributed by atoms with Crippen molar-refractivity contribution in [2.45, 2.75) is 38.9 Å². The molecule has 0 aliphatic heterocycles. The van der Waals surface area contributed by atoms with Gasteiger partial charge in [-0.3, -0.25) is 0 Å². The van der Waals surface area contributed by atoms with E-state index in [1.54, 1.807) is 13.1 Å². The van der Waals surface area contributed by atoms with Gasteiger partial charge in [-0.15, -0.1) is 0 Å². The number of alkyl halides is 3. The Labute approximate surface area is 120 Å². The van der Waals surface area contributed by atoms with Crippen LogP contribution in [0.25, 0.3) is 5.82 Å². The third-order valence-corrected chi connectivity index (χ3v) is 3.23. The first kappa shape index (κ1) is 15.5. The fourth-order valence-electron chi connectivity index (χ4n) is 2.02. The summed E-state index contributed by atoms with van der Waals surface area (Å²) in [5, 5.41) is 3.52. The third-order valence-electron chi connectivity index (χ3n) is 3.23. The van der Waals surface area contributed by atoms with Crippen LogP contribution in [0, 0.1) is 6.92 Å². The van der Waals surface area contributed by atoms with Gasteiger partial charge in [0.05, 0.1) is 0 Å². The van der Waals surface area contributed by atoms with Gasteiger partial charge < -0.3 is 5.73 Å². The second-order valence-corrected chi connectivity index (χ2v) is 5.00. The van der Waals surface area contributed by atoms with E-state index in [0.29, 0.717) is 12.2 Å². The van der Waals surface area contributed by atoms with Gasteiger partial charge in [0.1, 0.15) is 0 Å². The zero-order valence-electron chi connectivity index (χ0n) is 11.9. The van der Waals surface area contributed by atoms with Gasteiger partial charge in [0.15, 0.2) is 11.5 Å². The molecule has 0 aromatic carbocycles. The highest BCUT2D eigenvalue weighted by atomic mass is 19.4.